The molecule has 0 aromatic carbocycles. The van der Waals surface area contributed by atoms with Crippen LogP contribution in [0, 0.1) is 0 Å². The third-order valence-electron chi connectivity index (χ3n) is 4.83. The topological polar surface area (TPSA) is 13.0 Å². The summed E-state index contributed by atoms with van der Waals surface area (Å²) in [7, 11) is 0. The molecule has 0 radical (unpaired) electrons. The van der Waals surface area contributed by atoms with Gasteiger partial charge in [-0.1, -0.05) is 0 Å². The van der Waals surface area contributed by atoms with Crippen molar-refractivity contribution < 1.29 is 0 Å². The predicted molar refractivity (Wildman–Crippen MR) is 75.0 cm³/mol. The fourth-order valence-electron chi connectivity index (χ4n) is 3.51. The van der Waals surface area contributed by atoms with Gasteiger partial charge in [0, 0.05) is 52.4 Å². The molecule has 4 aliphatic heterocycles. The Kier molecular flexibility index (Phi) is 4.52. The van der Waals surface area contributed by atoms with Gasteiger partial charge < -0.3 is 19.6 Å². The van der Waals surface area contributed by atoms with Gasteiger partial charge in [0.15, 0.2) is 0 Å². The van der Waals surface area contributed by atoms with Crippen molar-refractivity contribution in [3.05, 3.63) is 0 Å². The molecule has 18 heavy (non-hydrogen) atoms. The summed E-state index contributed by atoms with van der Waals surface area (Å²) in [5, 5.41) is 0. The van der Waals surface area contributed by atoms with Crippen LogP contribution >= 0.6 is 0 Å². The van der Waals surface area contributed by atoms with Crippen molar-refractivity contribution >= 4 is 0 Å². The molecule has 0 aromatic rings. The molecule has 0 spiro atoms. The molecule has 0 aromatic heterocycles. The highest BCUT2D eigenvalue weighted by Gasteiger charge is 2.20. The Hall–Kier alpha value is -0.160. The molecule has 4 aliphatic rings. The van der Waals surface area contributed by atoms with Crippen LogP contribution in [-0.4, -0.2) is 98.1 Å². The minimum atomic E-state index is 1.29. The number of hydrogen-bond acceptors (Lipinski definition) is 4. The summed E-state index contributed by atoms with van der Waals surface area (Å²) in [6.45, 7) is 15.5. The SMILES string of the molecule is C1CN2CCN3CCCN(CC2)CCN(C1)CC3. The Morgan fingerprint density at radius 1 is 0.278 bits per heavy atom. The summed E-state index contributed by atoms with van der Waals surface area (Å²) >= 11 is 0. The molecule has 0 atom stereocenters. The summed E-state index contributed by atoms with van der Waals surface area (Å²) in [5.74, 6) is 0. The van der Waals surface area contributed by atoms with E-state index in [1.165, 1.54) is 91.4 Å². The van der Waals surface area contributed by atoms with Crippen LogP contribution in [0.5, 0.6) is 0 Å². The molecule has 0 aliphatic carbocycles. The highest BCUT2D eigenvalue weighted by molar-refractivity contribution is 4.76. The van der Waals surface area contributed by atoms with Crippen molar-refractivity contribution in [1.82, 2.24) is 19.6 Å². The molecule has 4 heteroatoms. The summed E-state index contributed by atoms with van der Waals surface area (Å²) in [4.78, 5) is 10.8. The molecule has 4 fully saturated rings. The normalized spacial score (nSPS) is 42.7. The van der Waals surface area contributed by atoms with Gasteiger partial charge in [-0.3, -0.25) is 0 Å². The van der Waals surface area contributed by atoms with Crippen molar-refractivity contribution in [3.8, 4) is 0 Å². The molecule has 4 rings (SSSR count). The summed E-state index contributed by atoms with van der Waals surface area (Å²) in [6, 6.07) is 0. The summed E-state index contributed by atoms with van der Waals surface area (Å²) in [6.07, 6.45) is 2.72. The van der Waals surface area contributed by atoms with Gasteiger partial charge in [-0.05, 0) is 39.0 Å². The van der Waals surface area contributed by atoms with Crippen molar-refractivity contribution in [3.63, 3.8) is 0 Å². The van der Waals surface area contributed by atoms with Crippen molar-refractivity contribution in [2.45, 2.75) is 12.8 Å². The van der Waals surface area contributed by atoms with Crippen LogP contribution < -0.4 is 0 Å². The van der Waals surface area contributed by atoms with E-state index in [0.717, 1.165) is 0 Å². The van der Waals surface area contributed by atoms with Crippen LogP contribution in [0.3, 0.4) is 0 Å². The number of nitrogens with zero attached hydrogens (tertiary/aromatic N) is 4. The second-order valence-electron chi connectivity index (χ2n) is 6.07. The molecule has 4 heterocycles. The Bertz CT molecular complexity index is 192. The molecule has 0 saturated carbocycles. The maximum Gasteiger partial charge on any atom is 0.0110 e. The first-order valence-corrected chi connectivity index (χ1v) is 7.79. The van der Waals surface area contributed by atoms with E-state index in [9.17, 15) is 0 Å². The van der Waals surface area contributed by atoms with E-state index in [0.29, 0.717) is 0 Å². The van der Waals surface area contributed by atoms with Gasteiger partial charge in [0.1, 0.15) is 0 Å². The third kappa shape index (κ3) is 3.44. The van der Waals surface area contributed by atoms with Crippen LogP contribution in [0.15, 0.2) is 0 Å². The molecule has 4 saturated heterocycles. The van der Waals surface area contributed by atoms with E-state index in [2.05, 4.69) is 19.6 Å². The fraction of sp³-hybridized carbons (Fsp3) is 1.00. The van der Waals surface area contributed by atoms with Gasteiger partial charge in [-0.2, -0.15) is 0 Å². The largest absolute Gasteiger partial charge is 0.301 e. The maximum atomic E-state index is 2.69. The minimum absolute atomic E-state index is 1.29. The van der Waals surface area contributed by atoms with E-state index in [1.54, 1.807) is 0 Å². The fourth-order valence-corrected chi connectivity index (χ4v) is 3.51. The van der Waals surface area contributed by atoms with E-state index >= 15 is 0 Å². The lowest BCUT2D eigenvalue weighted by molar-refractivity contribution is 0.0918. The summed E-state index contributed by atoms with van der Waals surface area (Å²) < 4.78 is 0. The van der Waals surface area contributed by atoms with E-state index in [4.69, 9.17) is 0 Å². The molecule has 4 bridgehead atoms. The lowest BCUT2D eigenvalue weighted by Crippen LogP contribution is -2.50. The van der Waals surface area contributed by atoms with Gasteiger partial charge in [-0.25, -0.2) is 0 Å². The van der Waals surface area contributed by atoms with Gasteiger partial charge in [0.2, 0.25) is 0 Å². The monoisotopic (exact) mass is 252 g/mol. The lowest BCUT2D eigenvalue weighted by atomic mass is 10.2. The van der Waals surface area contributed by atoms with Crippen LogP contribution in [0.2, 0.25) is 0 Å². The van der Waals surface area contributed by atoms with Gasteiger partial charge in [0.05, 0.1) is 0 Å². The molecule has 0 N–H and O–H groups in total. The van der Waals surface area contributed by atoms with E-state index in [1.807, 2.05) is 0 Å². The van der Waals surface area contributed by atoms with E-state index in [-0.39, 0.29) is 0 Å². The molecule has 0 amide bonds. The van der Waals surface area contributed by atoms with Gasteiger partial charge in [0.25, 0.3) is 0 Å². The quantitative estimate of drug-likeness (QED) is 0.602. The highest BCUT2D eigenvalue weighted by Crippen LogP contribution is 2.08. The lowest BCUT2D eigenvalue weighted by Gasteiger charge is -2.38. The average Bonchev–Trinajstić information content (AvgIpc) is 2.42. The second kappa shape index (κ2) is 6.33. The maximum absolute atomic E-state index is 2.69. The Balaban J connectivity index is 1.76. The zero-order valence-corrected chi connectivity index (χ0v) is 11.7. The molecule has 104 valence electrons. The van der Waals surface area contributed by atoms with Crippen molar-refractivity contribution in [1.29, 1.82) is 0 Å². The molecular formula is C14H28N4. The zero-order valence-electron chi connectivity index (χ0n) is 11.7. The summed E-state index contributed by atoms with van der Waals surface area (Å²) in [5.41, 5.74) is 0. The molecule has 4 nitrogen and oxygen atoms in total. The zero-order chi connectivity index (χ0) is 12.2. The first-order valence-electron chi connectivity index (χ1n) is 7.79. The first-order chi connectivity index (χ1) is 8.90. The van der Waals surface area contributed by atoms with Crippen LogP contribution in [0.1, 0.15) is 12.8 Å². The average molecular weight is 252 g/mol. The smallest absolute Gasteiger partial charge is 0.0110 e. The number of rotatable bonds is 0. The third-order valence-corrected chi connectivity index (χ3v) is 4.83. The standard InChI is InChI=1S/C14H28N4/c1-3-15-7-11-17-5-2-6-18(12-8-15)14-10-16(4-1)9-13-17/h1-14H2. The second-order valence-corrected chi connectivity index (χ2v) is 6.07. The Morgan fingerprint density at radius 2 is 0.500 bits per heavy atom. The number of hydrogen-bond donors (Lipinski definition) is 0. The molecule has 0 unspecified atom stereocenters. The van der Waals surface area contributed by atoms with Crippen LogP contribution in [0.4, 0.5) is 0 Å². The van der Waals surface area contributed by atoms with Crippen LogP contribution in [-0.2, 0) is 0 Å². The predicted octanol–water partition coefficient (Wildman–Crippen LogP) is 0.0154. The highest BCUT2D eigenvalue weighted by atomic mass is 15.3. The van der Waals surface area contributed by atoms with Gasteiger partial charge in [-0.15, -0.1) is 0 Å². The minimum Gasteiger partial charge on any atom is -0.301 e. The van der Waals surface area contributed by atoms with Crippen LogP contribution in [0.25, 0.3) is 0 Å². The van der Waals surface area contributed by atoms with Gasteiger partial charge >= 0.3 is 0 Å². The van der Waals surface area contributed by atoms with Crippen molar-refractivity contribution in [2.24, 2.45) is 0 Å². The van der Waals surface area contributed by atoms with Crippen molar-refractivity contribution in [2.75, 3.05) is 78.5 Å². The first kappa shape index (κ1) is 12.9. The Labute approximate surface area is 112 Å². The Morgan fingerprint density at radius 3 is 0.722 bits per heavy atom. The molecular weight excluding hydrogens is 224 g/mol. The number of fused-ring (bicyclic) bond motifs is 8. The van der Waals surface area contributed by atoms with E-state index < -0.39 is 0 Å².